The van der Waals surface area contributed by atoms with Crippen LogP contribution in [0.5, 0.6) is 11.5 Å². The van der Waals surface area contributed by atoms with Crippen LogP contribution in [0.15, 0.2) is 41.8 Å². The van der Waals surface area contributed by atoms with Gasteiger partial charge >= 0.3 is 5.97 Å². The van der Waals surface area contributed by atoms with Crippen molar-refractivity contribution in [1.82, 2.24) is 4.98 Å². The molecule has 0 radical (unpaired) electrons. The van der Waals surface area contributed by atoms with Gasteiger partial charge in [-0.1, -0.05) is 12.1 Å². The van der Waals surface area contributed by atoms with Crippen LogP contribution in [0.2, 0.25) is 0 Å². The second-order valence-electron chi connectivity index (χ2n) is 5.62. The van der Waals surface area contributed by atoms with E-state index in [1.54, 1.807) is 5.38 Å². The van der Waals surface area contributed by atoms with E-state index in [0.717, 1.165) is 28.2 Å². The zero-order valence-electron chi connectivity index (χ0n) is 13.7. The summed E-state index contributed by atoms with van der Waals surface area (Å²) in [6.07, 6.45) is 0. The molecule has 2 aromatic carbocycles. The molecule has 0 saturated carbocycles. The minimum absolute atomic E-state index is 0.0707. The summed E-state index contributed by atoms with van der Waals surface area (Å²) in [6, 6.07) is 11.7. The molecule has 0 fully saturated rings. The van der Waals surface area contributed by atoms with E-state index in [2.05, 4.69) is 31.0 Å². The number of nitrogens with zero attached hydrogens (tertiary/aromatic N) is 1. The Kier molecular flexibility index (Phi) is 4.36. The second kappa shape index (κ2) is 6.45. The van der Waals surface area contributed by atoms with Crippen molar-refractivity contribution >= 4 is 17.3 Å². The van der Waals surface area contributed by atoms with Crippen LogP contribution < -0.4 is 4.74 Å². The Balaban J connectivity index is 1.85. The summed E-state index contributed by atoms with van der Waals surface area (Å²) in [5, 5.41) is 11.2. The Morgan fingerprint density at radius 2 is 1.71 bits per heavy atom. The van der Waals surface area contributed by atoms with Crippen molar-refractivity contribution in [3.8, 4) is 22.1 Å². The van der Waals surface area contributed by atoms with Gasteiger partial charge in [-0.05, 0) is 61.7 Å². The fourth-order valence-electron chi connectivity index (χ4n) is 2.37. The summed E-state index contributed by atoms with van der Waals surface area (Å²) in [4.78, 5) is 15.0. The summed E-state index contributed by atoms with van der Waals surface area (Å²) >= 11 is 1.31. The maximum Gasteiger partial charge on any atom is 0.355 e. The van der Waals surface area contributed by atoms with Crippen LogP contribution in [0.1, 0.15) is 27.2 Å². The molecule has 1 aromatic heterocycles. The van der Waals surface area contributed by atoms with Crippen LogP contribution >= 0.6 is 11.3 Å². The molecule has 24 heavy (non-hydrogen) atoms. The van der Waals surface area contributed by atoms with Crippen molar-refractivity contribution < 1.29 is 14.6 Å². The van der Waals surface area contributed by atoms with Crippen molar-refractivity contribution in [3.63, 3.8) is 0 Å². The lowest BCUT2D eigenvalue weighted by Crippen LogP contribution is -1.95. The Labute approximate surface area is 144 Å². The predicted molar refractivity (Wildman–Crippen MR) is 95.2 cm³/mol. The maximum absolute atomic E-state index is 10.9. The van der Waals surface area contributed by atoms with Gasteiger partial charge in [0.05, 0.1) is 0 Å². The van der Waals surface area contributed by atoms with E-state index in [0.29, 0.717) is 5.01 Å². The first-order valence-electron chi connectivity index (χ1n) is 7.49. The van der Waals surface area contributed by atoms with Crippen LogP contribution in [0.25, 0.3) is 10.6 Å². The van der Waals surface area contributed by atoms with Gasteiger partial charge in [-0.3, -0.25) is 0 Å². The molecule has 0 aliphatic heterocycles. The Bertz CT molecular complexity index is 897. The topological polar surface area (TPSA) is 59.4 Å². The van der Waals surface area contributed by atoms with E-state index in [1.807, 2.05) is 31.2 Å². The molecule has 4 nitrogen and oxygen atoms in total. The summed E-state index contributed by atoms with van der Waals surface area (Å²) in [6.45, 7) is 6.14. The average molecular weight is 339 g/mol. The average Bonchev–Trinajstić information content (AvgIpc) is 3.06. The van der Waals surface area contributed by atoms with E-state index < -0.39 is 5.97 Å². The first kappa shape index (κ1) is 16.2. The standard InChI is InChI=1S/C19H17NO3S/c1-11-4-5-12(2)17(13(11)3)23-15-8-6-14(7-9-15)18-20-16(10-24-18)19(21)22/h4-10H,1-3H3,(H,21,22). The highest BCUT2D eigenvalue weighted by atomic mass is 32.1. The number of hydrogen-bond acceptors (Lipinski definition) is 4. The molecular weight excluding hydrogens is 322 g/mol. The van der Waals surface area contributed by atoms with Crippen LogP contribution in [0, 0.1) is 20.8 Å². The number of carbonyl (C=O) groups is 1. The third-order valence-electron chi connectivity index (χ3n) is 3.92. The van der Waals surface area contributed by atoms with E-state index in [1.165, 1.54) is 16.9 Å². The van der Waals surface area contributed by atoms with Gasteiger partial charge in [0.2, 0.25) is 0 Å². The number of thiazole rings is 1. The fourth-order valence-corrected chi connectivity index (χ4v) is 3.17. The van der Waals surface area contributed by atoms with Crippen molar-refractivity contribution in [2.75, 3.05) is 0 Å². The fraction of sp³-hybridized carbons (Fsp3) is 0.158. The molecule has 0 spiro atoms. The highest BCUT2D eigenvalue weighted by Gasteiger charge is 2.11. The van der Waals surface area contributed by atoms with Crippen LogP contribution in [0.4, 0.5) is 0 Å². The lowest BCUT2D eigenvalue weighted by molar-refractivity contribution is 0.0691. The third-order valence-corrected chi connectivity index (χ3v) is 4.81. The number of carboxylic acids is 1. The zero-order valence-corrected chi connectivity index (χ0v) is 14.5. The summed E-state index contributed by atoms with van der Waals surface area (Å²) in [5.41, 5.74) is 4.35. The third kappa shape index (κ3) is 3.16. The van der Waals surface area contributed by atoms with Gasteiger partial charge in [-0.25, -0.2) is 9.78 Å². The van der Waals surface area contributed by atoms with E-state index >= 15 is 0 Å². The summed E-state index contributed by atoms with van der Waals surface area (Å²) in [5.74, 6) is 0.610. The lowest BCUT2D eigenvalue weighted by atomic mass is 10.1. The van der Waals surface area contributed by atoms with Gasteiger partial charge < -0.3 is 9.84 Å². The largest absolute Gasteiger partial charge is 0.476 e. The SMILES string of the molecule is Cc1ccc(C)c(Oc2ccc(-c3nc(C(=O)O)cs3)cc2)c1C. The monoisotopic (exact) mass is 339 g/mol. The van der Waals surface area contributed by atoms with Crippen LogP contribution in [0.3, 0.4) is 0 Å². The van der Waals surface area contributed by atoms with Crippen molar-refractivity contribution in [2.24, 2.45) is 0 Å². The molecule has 1 heterocycles. The first-order valence-corrected chi connectivity index (χ1v) is 8.37. The van der Waals surface area contributed by atoms with Gasteiger partial charge in [-0.2, -0.15) is 0 Å². The van der Waals surface area contributed by atoms with E-state index in [4.69, 9.17) is 9.84 Å². The number of aromatic carboxylic acids is 1. The first-order chi connectivity index (χ1) is 11.5. The number of aromatic nitrogens is 1. The minimum atomic E-state index is -1.01. The Morgan fingerprint density at radius 1 is 1.04 bits per heavy atom. The molecule has 0 amide bonds. The molecule has 3 aromatic rings. The number of aryl methyl sites for hydroxylation is 2. The quantitative estimate of drug-likeness (QED) is 0.707. The van der Waals surface area contributed by atoms with E-state index in [9.17, 15) is 4.79 Å². The van der Waals surface area contributed by atoms with E-state index in [-0.39, 0.29) is 5.69 Å². The molecule has 122 valence electrons. The normalized spacial score (nSPS) is 10.6. The number of benzene rings is 2. The van der Waals surface area contributed by atoms with Crippen LogP contribution in [-0.2, 0) is 0 Å². The molecule has 0 aliphatic rings. The number of rotatable bonds is 4. The Morgan fingerprint density at radius 3 is 2.33 bits per heavy atom. The predicted octanol–water partition coefficient (Wildman–Crippen LogP) is 5.23. The van der Waals surface area contributed by atoms with Gasteiger partial charge in [0, 0.05) is 10.9 Å². The maximum atomic E-state index is 10.9. The molecule has 5 heteroatoms. The molecule has 0 bridgehead atoms. The lowest BCUT2D eigenvalue weighted by Gasteiger charge is -2.13. The molecule has 0 saturated heterocycles. The minimum Gasteiger partial charge on any atom is -0.476 e. The number of ether oxygens (including phenoxy) is 1. The molecule has 3 rings (SSSR count). The van der Waals surface area contributed by atoms with Gasteiger partial charge in [-0.15, -0.1) is 11.3 Å². The second-order valence-corrected chi connectivity index (χ2v) is 6.48. The summed E-state index contributed by atoms with van der Waals surface area (Å²) in [7, 11) is 0. The van der Waals surface area contributed by atoms with Crippen molar-refractivity contribution in [1.29, 1.82) is 0 Å². The highest BCUT2D eigenvalue weighted by molar-refractivity contribution is 7.13. The molecule has 0 unspecified atom stereocenters. The van der Waals surface area contributed by atoms with Gasteiger partial charge in [0.1, 0.15) is 16.5 Å². The van der Waals surface area contributed by atoms with Gasteiger partial charge in [0.15, 0.2) is 5.69 Å². The highest BCUT2D eigenvalue weighted by Crippen LogP contribution is 2.32. The van der Waals surface area contributed by atoms with Gasteiger partial charge in [0.25, 0.3) is 0 Å². The molecule has 0 aliphatic carbocycles. The molecule has 0 atom stereocenters. The Hall–Kier alpha value is -2.66. The van der Waals surface area contributed by atoms with Crippen molar-refractivity contribution in [2.45, 2.75) is 20.8 Å². The smallest absolute Gasteiger partial charge is 0.355 e. The summed E-state index contributed by atoms with van der Waals surface area (Å²) < 4.78 is 6.04. The number of hydrogen-bond donors (Lipinski definition) is 1. The molecule has 1 N–H and O–H groups in total. The molecular formula is C19H17NO3S. The van der Waals surface area contributed by atoms with Crippen molar-refractivity contribution in [3.05, 3.63) is 64.2 Å². The van der Waals surface area contributed by atoms with Crippen LogP contribution in [-0.4, -0.2) is 16.1 Å². The zero-order chi connectivity index (χ0) is 17.3. The number of carboxylic acid groups (broad SMARTS) is 1.